The fourth-order valence-electron chi connectivity index (χ4n) is 4.10. The van der Waals surface area contributed by atoms with Gasteiger partial charge in [-0.05, 0) is 43.3 Å². The van der Waals surface area contributed by atoms with E-state index in [1.807, 2.05) is 0 Å². The number of oxazole rings is 1. The molecule has 0 radical (unpaired) electrons. The number of aromatic nitrogens is 1. The number of carbonyl (C=O) groups excluding carboxylic acids is 2. The van der Waals surface area contributed by atoms with Crippen LogP contribution in [0.15, 0.2) is 57.2 Å². The summed E-state index contributed by atoms with van der Waals surface area (Å²) in [6.45, 7) is 1.85. The van der Waals surface area contributed by atoms with E-state index in [1.165, 1.54) is 43.5 Å². The van der Waals surface area contributed by atoms with Crippen LogP contribution in [0.4, 0.5) is 10.1 Å². The molecule has 11 heteroatoms. The number of carbonyl (C=O) groups is 2. The molecule has 3 heterocycles. The molecule has 5 rings (SSSR count). The van der Waals surface area contributed by atoms with Gasteiger partial charge in [0.15, 0.2) is 23.6 Å². The van der Waals surface area contributed by atoms with Crippen molar-refractivity contribution in [3.63, 3.8) is 0 Å². The average Bonchev–Trinajstić information content (AvgIpc) is 3.49. The minimum absolute atomic E-state index is 0.0998. The summed E-state index contributed by atoms with van der Waals surface area (Å²) in [4.78, 5) is 31.6. The zero-order valence-electron chi connectivity index (χ0n) is 18.6. The van der Waals surface area contributed by atoms with Gasteiger partial charge in [0.05, 0.1) is 32.0 Å². The van der Waals surface area contributed by atoms with Crippen molar-refractivity contribution in [1.82, 2.24) is 9.99 Å². The number of halogens is 1. The quantitative estimate of drug-likeness (QED) is 0.514. The molecular formula is C23H20FN5O5. The van der Waals surface area contributed by atoms with Crippen LogP contribution in [0.3, 0.4) is 0 Å². The lowest BCUT2D eigenvalue weighted by Crippen LogP contribution is -2.39. The summed E-state index contributed by atoms with van der Waals surface area (Å²) in [5.74, 6) is 0.390. The van der Waals surface area contributed by atoms with E-state index in [0.29, 0.717) is 34.4 Å². The van der Waals surface area contributed by atoms with Crippen LogP contribution in [0.1, 0.15) is 11.5 Å². The number of fused-ring (bicyclic) bond motifs is 1. The molecule has 2 aliphatic heterocycles. The number of methoxy groups -OCH3 is 2. The Kier molecular flexibility index (Phi) is 5.23. The number of rotatable bonds is 6. The molecule has 1 fully saturated rings. The number of benzene rings is 2. The number of amides is 2. The molecule has 34 heavy (non-hydrogen) atoms. The Labute approximate surface area is 193 Å². The van der Waals surface area contributed by atoms with Crippen molar-refractivity contribution >= 4 is 17.5 Å². The minimum atomic E-state index is -0.970. The van der Waals surface area contributed by atoms with E-state index >= 15 is 0 Å². The minimum Gasteiger partial charge on any atom is -0.493 e. The van der Waals surface area contributed by atoms with Crippen molar-refractivity contribution in [3.05, 3.63) is 59.7 Å². The third-order valence-electron chi connectivity index (χ3n) is 5.78. The summed E-state index contributed by atoms with van der Waals surface area (Å²) >= 11 is 0. The van der Waals surface area contributed by atoms with Crippen LogP contribution >= 0.6 is 0 Å². The number of ether oxygens (including phenoxy) is 2. The van der Waals surface area contributed by atoms with Crippen molar-refractivity contribution < 1.29 is 27.9 Å². The zero-order chi connectivity index (χ0) is 24.0. The van der Waals surface area contributed by atoms with Crippen molar-refractivity contribution in [1.29, 1.82) is 0 Å². The van der Waals surface area contributed by atoms with Gasteiger partial charge in [-0.1, -0.05) is 11.3 Å². The highest BCUT2D eigenvalue weighted by atomic mass is 19.1. The molecule has 0 spiro atoms. The highest BCUT2D eigenvalue weighted by Crippen LogP contribution is 2.39. The molecule has 1 saturated heterocycles. The zero-order valence-corrected chi connectivity index (χ0v) is 18.6. The van der Waals surface area contributed by atoms with E-state index in [2.05, 4.69) is 15.3 Å². The monoisotopic (exact) mass is 465 g/mol. The molecule has 0 unspecified atom stereocenters. The van der Waals surface area contributed by atoms with Gasteiger partial charge >= 0.3 is 0 Å². The first-order chi connectivity index (χ1) is 16.4. The lowest BCUT2D eigenvalue weighted by Gasteiger charge is -2.19. The Morgan fingerprint density at radius 3 is 2.53 bits per heavy atom. The maximum atomic E-state index is 13.3. The highest BCUT2D eigenvalue weighted by molar-refractivity contribution is 6.25. The summed E-state index contributed by atoms with van der Waals surface area (Å²) in [7, 11) is 3.07. The summed E-state index contributed by atoms with van der Waals surface area (Å²) in [5, 5.41) is 9.48. The Morgan fingerprint density at radius 2 is 1.82 bits per heavy atom. The standard InChI is InChI=1S/C23H20FN5O5/c1-12-16(25-21(34-12)15-5-4-6-17(32-2)20(15)33-3)11-28-19-18(26-27-28)22(30)29(23(19)31)14-9-7-13(24)8-10-14/h4-10,18-19H,11H2,1-3H3/t18-,19-/m0/s1. The first-order valence-electron chi connectivity index (χ1n) is 10.4. The first kappa shape index (κ1) is 21.6. The summed E-state index contributed by atoms with van der Waals surface area (Å²) in [6, 6.07) is 8.61. The van der Waals surface area contributed by atoms with Gasteiger partial charge in [-0.25, -0.2) is 14.3 Å². The second-order valence-corrected chi connectivity index (χ2v) is 7.74. The van der Waals surface area contributed by atoms with Gasteiger partial charge in [-0.3, -0.25) is 14.6 Å². The third-order valence-corrected chi connectivity index (χ3v) is 5.78. The van der Waals surface area contributed by atoms with Crippen LogP contribution in [0.5, 0.6) is 11.5 Å². The Morgan fingerprint density at radius 1 is 1.06 bits per heavy atom. The molecule has 3 aromatic rings. The lowest BCUT2D eigenvalue weighted by atomic mass is 10.1. The van der Waals surface area contributed by atoms with Gasteiger partial charge in [0.2, 0.25) is 5.89 Å². The average molecular weight is 465 g/mol. The van der Waals surface area contributed by atoms with Crippen molar-refractivity contribution in [2.75, 3.05) is 19.1 Å². The largest absolute Gasteiger partial charge is 0.493 e. The maximum Gasteiger partial charge on any atom is 0.263 e. The van der Waals surface area contributed by atoms with E-state index in [-0.39, 0.29) is 12.2 Å². The third kappa shape index (κ3) is 3.36. The van der Waals surface area contributed by atoms with Gasteiger partial charge in [0, 0.05) is 0 Å². The molecule has 2 atom stereocenters. The summed E-state index contributed by atoms with van der Waals surface area (Å²) in [5.41, 5.74) is 1.41. The molecule has 0 bridgehead atoms. The molecule has 0 aliphatic carbocycles. The van der Waals surface area contributed by atoms with Crippen LogP contribution < -0.4 is 14.4 Å². The van der Waals surface area contributed by atoms with Gasteiger partial charge in [-0.2, -0.15) is 5.11 Å². The normalized spacial score (nSPS) is 19.2. The summed E-state index contributed by atoms with van der Waals surface area (Å²) < 4.78 is 30.0. The van der Waals surface area contributed by atoms with Crippen molar-refractivity contribution in [3.8, 4) is 23.0 Å². The van der Waals surface area contributed by atoms with Crippen LogP contribution in [0.2, 0.25) is 0 Å². The molecule has 174 valence electrons. The first-order valence-corrected chi connectivity index (χ1v) is 10.4. The molecular weight excluding hydrogens is 445 g/mol. The van der Waals surface area contributed by atoms with Crippen LogP contribution in [-0.4, -0.2) is 48.1 Å². The van der Waals surface area contributed by atoms with E-state index in [4.69, 9.17) is 13.9 Å². The fraction of sp³-hybridized carbons (Fsp3) is 0.261. The lowest BCUT2D eigenvalue weighted by molar-refractivity contribution is -0.123. The SMILES string of the molecule is COc1cccc(-c2nc(CN3N=N[C@@H]4C(=O)N(c5ccc(F)cc5)C(=O)[C@H]43)c(C)o2)c1OC. The molecule has 2 amide bonds. The predicted molar refractivity (Wildman–Crippen MR) is 117 cm³/mol. The topological polar surface area (TPSA) is 110 Å². The molecule has 0 N–H and O–H groups in total. The van der Waals surface area contributed by atoms with Crippen LogP contribution in [0.25, 0.3) is 11.5 Å². The van der Waals surface area contributed by atoms with Gasteiger partial charge in [0.1, 0.15) is 17.3 Å². The number of imide groups is 1. The second kappa shape index (κ2) is 8.25. The van der Waals surface area contributed by atoms with Crippen molar-refractivity contribution in [2.45, 2.75) is 25.6 Å². The number of hydrogen-bond acceptors (Lipinski definition) is 9. The number of para-hydroxylation sites is 1. The molecule has 10 nitrogen and oxygen atoms in total. The van der Waals surface area contributed by atoms with E-state index in [0.717, 1.165) is 4.90 Å². The number of hydrogen-bond donors (Lipinski definition) is 0. The molecule has 2 aliphatic rings. The molecule has 1 aromatic heterocycles. The number of anilines is 1. The second-order valence-electron chi connectivity index (χ2n) is 7.74. The van der Waals surface area contributed by atoms with E-state index in [1.54, 1.807) is 25.1 Å². The smallest absolute Gasteiger partial charge is 0.263 e. The van der Waals surface area contributed by atoms with Crippen LogP contribution in [0, 0.1) is 12.7 Å². The number of aryl methyl sites for hydroxylation is 1. The Balaban J connectivity index is 1.41. The predicted octanol–water partition coefficient (Wildman–Crippen LogP) is 3.30. The number of nitrogens with zero attached hydrogens (tertiary/aromatic N) is 5. The Hall–Kier alpha value is -4.28. The van der Waals surface area contributed by atoms with Gasteiger partial charge in [-0.15, -0.1) is 0 Å². The highest BCUT2D eigenvalue weighted by Gasteiger charge is 2.54. The van der Waals surface area contributed by atoms with Gasteiger partial charge in [0.25, 0.3) is 11.8 Å². The summed E-state index contributed by atoms with van der Waals surface area (Å²) in [6.07, 6.45) is 0. The molecule has 2 aromatic carbocycles. The molecule has 0 saturated carbocycles. The van der Waals surface area contributed by atoms with Crippen LogP contribution in [-0.2, 0) is 16.1 Å². The maximum absolute atomic E-state index is 13.3. The van der Waals surface area contributed by atoms with E-state index in [9.17, 15) is 14.0 Å². The van der Waals surface area contributed by atoms with Crippen molar-refractivity contribution in [2.24, 2.45) is 10.3 Å². The Bertz CT molecular complexity index is 1310. The fourth-order valence-corrected chi connectivity index (χ4v) is 4.10. The van der Waals surface area contributed by atoms with Gasteiger partial charge < -0.3 is 13.9 Å². The van der Waals surface area contributed by atoms with E-state index < -0.39 is 29.7 Å².